The van der Waals surface area contributed by atoms with Crippen molar-refractivity contribution in [1.82, 2.24) is 0 Å². The Morgan fingerprint density at radius 2 is 1.65 bits per heavy atom. The molecule has 3 aromatic rings. The van der Waals surface area contributed by atoms with Crippen LogP contribution in [0.5, 0.6) is 0 Å². The maximum absolute atomic E-state index is 11.5. The Morgan fingerprint density at radius 3 is 2.35 bits per heavy atom. The Morgan fingerprint density at radius 1 is 1.00 bits per heavy atom. The van der Waals surface area contributed by atoms with Crippen LogP contribution in [-0.4, -0.2) is 18.9 Å². The largest absolute Gasteiger partial charge is 0.363 e. The van der Waals surface area contributed by atoms with Crippen molar-refractivity contribution in [3.05, 3.63) is 29.1 Å². The first kappa shape index (κ1) is 12.4. The lowest BCUT2D eigenvalue weighted by Crippen LogP contribution is -2.15. The molecule has 0 atom stereocenters. The number of anilines is 1. The van der Waals surface area contributed by atoms with Gasteiger partial charge in [0, 0.05) is 22.5 Å². The Bertz CT molecular complexity index is 757. The average molecular weight is 301 g/mol. The van der Waals surface area contributed by atoms with Crippen molar-refractivity contribution in [2.24, 2.45) is 0 Å². The highest BCUT2D eigenvalue weighted by atomic mass is 32.1. The fourth-order valence-electron chi connectivity index (χ4n) is 2.82. The van der Waals surface area contributed by atoms with Gasteiger partial charge in [-0.05, 0) is 54.8 Å². The second kappa shape index (κ2) is 4.57. The molecule has 1 aliphatic heterocycles. The monoisotopic (exact) mass is 301 g/mol. The molecule has 20 heavy (non-hydrogen) atoms. The summed E-state index contributed by atoms with van der Waals surface area (Å²) in [6.07, 6.45) is 2.62. The SMILES string of the molecule is CC(=O)c1cc2cc3sc(N4CCCC4)cc3cc2s1. The van der Waals surface area contributed by atoms with Crippen molar-refractivity contribution >= 4 is 53.6 Å². The van der Waals surface area contributed by atoms with Gasteiger partial charge in [0.25, 0.3) is 0 Å². The second-order valence-corrected chi connectivity index (χ2v) is 7.52. The van der Waals surface area contributed by atoms with Crippen molar-refractivity contribution in [2.45, 2.75) is 19.8 Å². The highest BCUT2D eigenvalue weighted by Crippen LogP contribution is 2.38. The molecule has 0 bridgehead atoms. The number of hydrogen-bond acceptors (Lipinski definition) is 4. The van der Waals surface area contributed by atoms with E-state index in [-0.39, 0.29) is 5.78 Å². The number of carbonyl (C=O) groups is 1. The Kier molecular flexibility index (Phi) is 2.82. The van der Waals surface area contributed by atoms with Crippen LogP contribution >= 0.6 is 22.7 Å². The van der Waals surface area contributed by atoms with Gasteiger partial charge in [0.2, 0.25) is 0 Å². The number of rotatable bonds is 2. The number of ketones is 1. The maximum atomic E-state index is 11.5. The normalized spacial score (nSPS) is 15.6. The van der Waals surface area contributed by atoms with Gasteiger partial charge in [-0.3, -0.25) is 4.79 Å². The first-order chi connectivity index (χ1) is 9.70. The van der Waals surface area contributed by atoms with Crippen LogP contribution in [0.1, 0.15) is 29.4 Å². The van der Waals surface area contributed by atoms with Crippen molar-refractivity contribution in [3.8, 4) is 0 Å². The summed E-state index contributed by atoms with van der Waals surface area (Å²) in [6.45, 7) is 4.02. The second-order valence-electron chi connectivity index (χ2n) is 5.37. The topological polar surface area (TPSA) is 20.3 Å². The van der Waals surface area contributed by atoms with Gasteiger partial charge >= 0.3 is 0 Å². The summed E-state index contributed by atoms with van der Waals surface area (Å²) in [4.78, 5) is 14.8. The number of thiophene rings is 2. The first-order valence-corrected chi connectivity index (χ1v) is 8.57. The third-order valence-electron chi connectivity index (χ3n) is 3.91. The minimum atomic E-state index is 0.160. The summed E-state index contributed by atoms with van der Waals surface area (Å²) < 4.78 is 2.54. The predicted octanol–water partition coefficient (Wildman–Crippen LogP) is 4.92. The molecule has 102 valence electrons. The van der Waals surface area contributed by atoms with Crippen LogP contribution in [0, 0.1) is 0 Å². The van der Waals surface area contributed by atoms with E-state index in [1.54, 1.807) is 18.3 Å². The lowest BCUT2D eigenvalue weighted by atomic mass is 10.2. The molecule has 2 aromatic heterocycles. The molecule has 3 heterocycles. The van der Waals surface area contributed by atoms with Crippen molar-refractivity contribution in [3.63, 3.8) is 0 Å². The van der Waals surface area contributed by atoms with Gasteiger partial charge in [0.05, 0.1) is 9.88 Å². The van der Waals surface area contributed by atoms with Crippen LogP contribution in [-0.2, 0) is 0 Å². The first-order valence-electron chi connectivity index (χ1n) is 6.94. The minimum Gasteiger partial charge on any atom is -0.363 e. The van der Waals surface area contributed by atoms with Crippen LogP contribution in [0.3, 0.4) is 0 Å². The van der Waals surface area contributed by atoms with E-state index in [1.807, 2.05) is 17.4 Å². The van der Waals surface area contributed by atoms with Gasteiger partial charge in [-0.2, -0.15) is 0 Å². The number of Topliss-reactive ketones (excluding diaryl/α,β-unsaturated/α-hetero) is 1. The Balaban J connectivity index is 1.84. The van der Waals surface area contributed by atoms with Crippen LogP contribution < -0.4 is 4.90 Å². The summed E-state index contributed by atoms with van der Waals surface area (Å²) in [5, 5.41) is 3.89. The van der Waals surface area contributed by atoms with Gasteiger partial charge in [-0.1, -0.05) is 0 Å². The smallest absolute Gasteiger partial charge is 0.169 e. The van der Waals surface area contributed by atoms with Crippen LogP contribution in [0.2, 0.25) is 0 Å². The molecule has 0 saturated carbocycles. The van der Waals surface area contributed by atoms with Crippen LogP contribution in [0.15, 0.2) is 24.3 Å². The van der Waals surface area contributed by atoms with Crippen LogP contribution in [0.25, 0.3) is 20.2 Å². The molecule has 4 rings (SSSR count). The molecule has 4 heteroatoms. The number of hydrogen-bond donors (Lipinski definition) is 0. The van der Waals surface area contributed by atoms with Crippen LogP contribution in [0.4, 0.5) is 5.00 Å². The summed E-state index contributed by atoms with van der Waals surface area (Å²) in [6, 6.07) is 8.80. The van der Waals surface area contributed by atoms with E-state index >= 15 is 0 Å². The van der Waals surface area contributed by atoms with Crippen molar-refractivity contribution in [2.75, 3.05) is 18.0 Å². The van der Waals surface area contributed by atoms with Gasteiger partial charge in [-0.25, -0.2) is 0 Å². The van der Waals surface area contributed by atoms with Gasteiger partial charge in [0.1, 0.15) is 0 Å². The van der Waals surface area contributed by atoms with E-state index in [2.05, 4.69) is 23.1 Å². The molecule has 0 N–H and O–H groups in total. The number of fused-ring (bicyclic) bond motifs is 2. The molecule has 1 saturated heterocycles. The quantitative estimate of drug-likeness (QED) is 0.626. The van der Waals surface area contributed by atoms with E-state index in [1.165, 1.54) is 51.1 Å². The number of benzene rings is 1. The predicted molar refractivity (Wildman–Crippen MR) is 88.7 cm³/mol. The summed E-state index contributed by atoms with van der Waals surface area (Å²) in [5.74, 6) is 0.160. The lowest BCUT2D eigenvalue weighted by molar-refractivity contribution is 0.102. The fourth-order valence-corrected chi connectivity index (χ4v) is 4.96. The molecule has 0 spiro atoms. The van der Waals surface area contributed by atoms with E-state index in [9.17, 15) is 4.79 Å². The zero-order valence-electron chi connectivity index (χ0n) is 11.3. The molecule has 1 aromatic carbocycles. The molecule has 0 radical (unpaired) electrons. The highest BCUT2D eigenvalue weighted by molar-refractivity contribution is 7.23. The highest BCUT2D eigenvalue weighted by Gasteiger charge is 2.15. The summed E-state index contributed by atoms with van der Waals surface area (Å²) in [5.41, 5.74) is 0. The maximum Gasteiger partial charge on any atom is 0.169 e. The fraction of sp³-hybridized carbons (Fsp3) is 0.312. The zero-order chi connectivity index (χ0) is 13.7. The third-order valence-corrected chi connectivity index (χ3v) is 6.26. The Hall–Kier alpha value is -1.39. The average Bonchev–Trinajstić information content (AvgIpc) is 3.13. The minimum absolute atomic E-state index is 0.160. The number of nitrogens with zero attached hydrogens (tertiary/aromatic N) is 1. The van der Waals surface area contributed by atoms with Crippen molar-refractivity contribution in [1.29, 1.82) is 0 Å². The number of carbonyl (C=O) groups excluding carboxylic acids is 1. The Labute approximate surface area is 125 Å². The standard InChI is InChI=1S/C16H15NOS2/c1-10(18)13-6-11-7-15-12(8-14(11)19-13)9-16(20-15)17-4-2-3-5-17/h6-9H,2-5H2,1H3. The summed E-state index contributed by atoms with van der Waals surface area (Å²) >= 11 is 3.48. The zero-order valence-corrected chi connectivity index (χ0v) is 12.9. The molecule has 0 amide bonds. The van der Waals surface area contributed by atoms with E-state index in [0.29, 0.717) is 0 Å². The van der Waals surface area contributed by atoms with Gasteiger partial charge < -0.3 is 4.90 Å². The third kappa shape index (κ3) is 1.95. The molecule has 0 aliphatic carbocycles. The van der Waals surface area contributed by atoms with Gasteiger partial charge in [0.15, 0.2) is 5.78 Å². The van der Waals surface area contributed by atoms with E-state index in [4.69, 9.17) is 0 Å². The summed E-state index contributed by atoms with van der Waals surface area (Å²) in [7, 11) is 0. The molecular weight excluding hydrogens is 286 g/mol. The van der Waals surface area contributed by atoms with Gasteiger partial charge in [-0.15, -0.1) is 22.7 Å². The van der Waals surface area contributed by atoms with Crippen molar-refractivity contribution < 1.29 is 4.79 Å². The molecule has 2 nitrogen and oxygen atoms in total. The molecule has 1 aliphatic rings. The van der Waals surface area contributed by atoms with E-state index in [0.717, 1.165) is 4.88 Å². The molecule has 0 unspecified atom stereocenters. The molecule has 1 fully saturated rings. The molecular formula is C16H15NOS2. The lowest BCUT2D eigenvalue weighted by Gasteiger charge is -2.13. The van der Waals surface area contributed by atoms with E-state index < -0.39 is 0 Å².